The first-order valence-electron chi connectivity index (χ1n) is 7.22. The number of benzene rings is 2. The zero-order valence-electron chi connectivity index (χ0n) is 12.2. The first-order chi connectivity index (χ1) is 10.9. The highest BCUT2D eigenvalue weighted by Crippen LogP contribution is 2.45. The minimum Gasteiger partial charge on any atom is -0.376 e. The van der Waals surface area contributed by atoms with E-state index in [-0.39, 0.29) is 0 Å². The topological polar surface area (TPSA) is 20.2 Å². The molecule has 0 radical (unpaired) electrons. The van der Waals surface area contributed by atoms with Gasteiger partial charge in [-0.05, 0) is 34.9 Å². The van der Waals surface area contributed by atoms with Crippen molar-refractivity contribution in [2.24, 2.45) is 0 Å². The van der Waals surface area contributed by atoms with Crippen LogP contribution >= 0.6 is 39.1 Å². The minimum atomic E-state index is -1.29. The van der Waals surface area contributed by atoms with Gasteiger partial charge in [0, 0.05) is 10.9 Å². The Bertz CT molecular complexity index is 768. The standard InChI is InChI=1S/C19H15BrCl2O/c20-17-10-4-8-15(12-17)19(23,14-6-2-1-3-7-14)16-9-5-11-18(21,22)13-16/h1-12,23H,13H2/t19-/m0/s1. The van der Waals surface area contributed by atoms with Crippen LogP contribution in [0.3, 0.4) is 0 Å². The molecule has 4 heteroatoms. The van der Waals surface area contributed by atoms with Crippen molar-refractivity contribution in [3.8, 4) is 0 Å². The number of allylic oxidation sites excluding steroid dienone is 3. The van der Waals surface area contributed by atoms with Crippen molar-refractivity contribution in [1.29, 1.82) is 0 Å². The SMILES string of the molecule is O[C@@](C1=CC=CC(Cl)(Cl)C1)(c1ccccc1)c1cccc(Br)c1. The Morgan fingerprint density at radius 2 is 1.70 bits per heavy atom. The highest BCUT2D eigenvalue weighted by Gasteiger charge is 2.40. The van der Waals surface area contributed by atoms with E-state index in [1.165, 1.54) is 0 Å². The van der Waals surface area contributed by atoms with Crippen LogP contribution in [-0.4, -0.2) is 9.44 Å². The summed E-state index contributed by atoms with van der Waals surface area (Å²) in [4.78, 5) is 0. The fraction of sp³-hybridized carbons (Fsp3) is 0.158. The lowest BCUT2D eigenvalue weighted by atomic mass is 9.77. The first-order valence-corrected chi connectivity index (χ1v) is 8.77. The van der Waals surface area contributed by atoms with Crippen molar-refractivity contribution in [2.45, 2.75) is 16.4 Å². The lowest BCUT2D eigenvalue weighted by Gasteiger charge is -2.35. The number of rotatable bonds is 3. The van der Waals surface area contributed by atoms with Crippen LogP contribution in [0.4, 0.5) is 0 Å². The molecule has 0 saturated carbocycles. The lowest BCUT2D eigenvalue weighted by molar-refractivity contribution is 0.116. The van der Waals surface area contributed by atoms with E-state index in [1.807, 2.05) is 60.7 Å². The van der Waals surface area contributed by atoms with Gasteiger partial charge >= 0.3 is 0 Å². The largest absolute Gasteiger partial charge is 0.376 e. The van der Waals surface area contributed by atoms with E-state index in [4.69, 9.17) is 23.2 Å². The summed E-state index contributed by atoms with van der Waals surface area (Å²) in [6.07, 6.45) is 5.76. The second-order valence-corrected chi connectivity index (χ2v) is 8.03. The van der Waals surface area contributed by atoms with Crippen molar-refractivity contribution < 1.29 is 5.11 Å². The molecule has 0 bridgehead atoms. The summed E-state index contributed by atoms with van der Waals surface area (Å²) in [7, 11) is 0. The molecule has 0 unspecified atom stereocenters. The maximum absolute atomic E-state index is 11.7. The molecule has 1 aliphatic carbocycles. The van der Waals surface area contributed by atoms with E-state index in [9.17, 15) is 5.11 Å². The fourth-order valence-electron chi connectivity index (χ4n) is 2.86. The van der Waals surface area contributed by atoms with E-state index >= 15 is 0 Å². The van der Waals surface area contributed by atoms with Crippen molar-refractivity contribution in [3.63, 3.8) is 0 Å². The maximum atomic E-state index is 11.7. The van der Waals surface area contributed by atoms with Gasteiger partial charge in [0.1, 0.15) is 9.93 Å². The number of hydrogen-bond donors (Lipinski definition) is 1. The normalized spacial score (nSPS) is 19.0. The second kappa shape index (κ2) is 6.45. The van der Waals surface area contributed by atoms with Gasteiger partial charge in [0.25, 0.3) is 0 Å². The molecule has 1 nitrogen and oxygen atoms in total. The molecular weight excluding hydrogens is 395 g/mol. The summed E-state index contributed by atoms with van der Waals surface area (Å²) >= 11 is 16.1. The van der Waals surface area contributed by atoms with Gasteiger partial charge in [-0.3, -0.25) is 0 Å². The van der Waals surface area contributed by atoms with Crippen LogP contribution in [0.2, 0.25) is 0 Å². The molecule has 118 valence electrons. The van der Waals surface area contributed by atoms with Crippen LogP contribution in [0.1, 0.15) is 17.5 Å². The summed E-state index contributed by atoms with van der Waals surface area (Å²) in [6.45, 7) is 0. The molecule has 1 N–H and O–H groups in total. The third-order valence-electron chi connectivity index (χ3n) is 3.96. The molecule has 0 fully saturated rings. The summed E-state index contributed by atoms with van der Waals surface area (Å²) in [5.41, 5.74) is 1.02. The summed E-state index contributed by atoms with van der Waals surface area (Å²) in [6, 6.07) is 17.2. The van der Waals surface area contributed by atoms with Gasteiger partial charge in [0.15, 0.2) is 0 Å². The predicted molar refractivity (Wildman–Crippen MR) is 99.9 cm³/mol. The molecule has 0 aromatic heterocycles. The molecule has 3 rings (SSSR count). The second-order valence-electron chi connectivity index (χ2n) is 5.58. The van der Waals surface area contributed by atoms with Gasteiger partial charge in [-0.25, -0.2) is 0 Å². The molecule has 0 amide bonds. The Morgan fingerprint density at radius 1 is 1.00 bits per heavy atom. The van der Waals surface area contributed by atoms with E-state index < -0.39 is 9.93 Å². The van der Waals surface area contributed by atoms with Crippen LogP contribution in [0.25, 0.3) is 0 Å². The molecule has 0 saturated heterocycles. The molecule has 23 heavy (non-hydrogen) atoms. The van der Waals surface area contributed by atoms with E-state index in [2.05, 4.69) is 15.9 Å². The van der Waals surface area contributed by atoms with Gasteiger partial charge in [0.05, 0.1) is 0 Å². The van der Waals surface area contributed by atoms with Crippen LogP contribution < -0.4 is 0 Å². The van der Waals surface area contributed by atoms with Gasteiger partial charge in [0.2, 0.25) is 0 Å². The zero-order valence-corrected chi connectivity index (χ0v) is 15.3. The lowest BCUT2D eigenvalue weighted by Crippen LogP contribution is -2.33. The van der Waals surface area contributed by atoms with Gasteiger partial charge in [-0.1, -0.05) is 93.7 Å². The quantitative estimate of drug-likeness (QED) is 0.640. The third-order valence-corrected chi connectivity index (χ3v) is 4.97. The fourth-order valence-corrected chi connectivity index (χ4v) is 3.69. The van der Waals surface area contributed by atoms with Crippen LogP contribution in [0.15, 0.2) is 82.9 Å². The van der Waals surface area contributed by atoms with Crippen molar-refractivity contribution in [3.05, 3.63) is 94.0 Å². The average Bonchev–Trinajstić information content (AvgIpc) is 2.54. The highest BCUT2D eigenvalue weighted by molar-refractivity contribution is 9.10. The predicted octanol–water partition coefficient (Wildman–Crippen LogP) is 5.75. The molecule has 0 heterocycles. The summed E-state index contributed by atoms with van der Waals surface area (Å²) in [5, 5.41) is 11.7. The Labute approximate surface area is 154 Å². The number of halogens is 3. The number of hydrogen-bond acceptors (Lipinski definition) is 1. The average molecular weight is 410 g/mol. The highest BCUT2D eigenvalue weighted by atomic mass is 79.9. The minimum absolute atomic E-state index is 0.352. The Kier molecular flexibility index (Phi) is 4.70. The summed E-state index contributed by atoms with van der Waals surface area (Å²) in [5.74, 6) is 0. The third kappa shape index (κ3) is 3.41. The van der Waals surface area contributed by atoms with E-state index in [0.29, 0.717) is 6.42 Å². The Balaban J connectivity index is 2.19. The molecule has 0 spiro atoms. The first kappa shape index (κ1) is 16.8. The van der Waals surface area contributed by atoms with Crippen molar-refractivity contribution in [2.75, 3.05) is 0 Å². The van der Waals surface area contributed by atoms with Crippen LogP contribution in [0, 0.1) is 0 Å². The van der Waals surface area contributed by atoms with E-state index in [1.54, 1.807) is 12.2 Å². The van der Waals surface area contributed by atoms with Crippen LogP contribution in [-0.2, 0) is 5.60 Å². The number of aliphatic hydroxyl groups is 1. The zero-order chi connectivity index (χ0) is 16.5. The van der Waals surface area contributed by atoms with Gasteiger partial charge < -0.3 is 5.11 Å². The molecular formula is C19H15BrCl2O. The number of alkyl halides is 2. The van der Waals surface area contributed by atoms with Crippen molar-refractivity contribution in [1.82, 2.24) is 0 Å². The van der Waals surface area contributed by atoms with Gasteiger partial charge in [-0.2, -0.15) is 0 Å². The molecule has 1 atom stereocenters. The summed E-state index contributed by atoms with van der Waals surface area (Å²) < 4.78 is -0.113. The van der Waals surface area contributed by atoms with Crippen molar-refractivity contribution >= 4 is 39.1 Å². The monoisotopic (exact) mass is 408 g/mol. The Hall–Kier alpha value is -1.06. The van der Waals surface area contributed by atoms with Crippen LogP contribution in [0.5, 0.6) is 0 Å². The molecule has 2 aromatic rings. The molecule has 1 aliphatic rings. The molecule has 0 aliphatic heterocycles. The Morgan fingerprint density at radius 3 is 2.35 bits per heavy atom. The smallest absolute Gasteiger partial charge is 0.140 e. The molecule has 2 aromatic carbocycles. The van der Waals surface area contributed by atoms with E-state index in [0.717, 1.165) is 21.2 Å². The maximum Gasteiger partial charge on any atom is 0.140 e. The van der Waals surface area contributed by atoms with Gasteiger partial charge in [-0.15, -0.1) is 0 Å².